The molecule has 0 bridgehead atoms. The summed E-state index contributed by atoms with van der Waals surface area (Å²) in [6.07, 6.45) is 0.936. The third kappa shape index (κ3) is 4.04. The van der Waals surface area contributed by atoms with Gasteiger partial charge in [0, 0.05) is 23.2 Å². The van der Waals surface area contributed by atoms with Crippen LogP contribution in [0.1, 0.15) is 35.2 Å². The molecule has 0 radical (unpaired) electrons. The molecule has 1 saturated heterocycles. The average molecular weight is 356 g/mol. The fourth-order valence-corrected chi connectivity index (χ4v) is 2.91. The second-order valence-corrected chi connectivity index (χ2v) is 6.29. The molecule has 1 aliphatic rings. The SMILES string of the molecule is Cc1ccc(Br)cc1C(=O)NC1(CC(=O)O)CCOCC1. The summed E-state index contributed by atoms with van der Waals surface area (Å²) in [5, 5.41) is 12.0. The standard InChI is InChI=1S/C15H18BrNO4/c1-10-2-3-11(16)8-12(10)14(20)17-15(9-13(18)19)4-6-21-7-5-15/h2-3,8H,4-7,9H2,1H3,(H,17,20)(H,18,19). The molecule has 1 aromatic rings. The number of ether oxygens (including phenoxy) is 1. The van der Waals surface area contributed by atoms with Crippen molar-refractivity contribution >= 4 is 27.8 Å². The molecule has 0 aromatic heterocycles. The molecule has 0 unspecified atom stereocenters. The number of aliphatic carboxylic acids is 1. The van der Waals surface area contributed by atoms with Crippen LogP contribution in [0.25, 0.3) is 0 Å². The maximum Gasteiger partial charge on any atom is 0.305 e. The van der Waals surface area contributed by atoms with Gasteiger partial charge in [-0.25, -0.2) is 0 Å². The second kappa shape index (κ2) is 6.58. The molecule has 1 heterocycles. The zero-order chi connectivity index (χ0) is 15.5. The summed E-state index contributed by atoms with van der Waals surface area (Å²) < 4.78 is 6.10. The zero-order valence-corrected chi connectivity index (χ0v) is 13.4. The topological polar surface area (TPSA) is 75.6 Å². The molecule has 0 spiro atoms. The van der Waals surface area contributed by atoms with E-state index in [1.54, 1.807) is 6.07 Å². The Morgan fingerprint density at radius 2 is 2.05 bits per heavy atom. The van der Waals surface area contributed by atoms with Crippen molar-refractivity contribution in [3.05, 3.63) is 33.8 Å². The van der Waals surface area contributed by atoms with Crippen molar-refractivity contribution in [2.24, 2.45) is 0 Å². The van der Waals surface area contributed by atoms with E-state index in [4.69, 9.17) is 9.84 Å². The van der Waals surface area contributed by atoms with Crippen LogP contribution < -0.4 is 5.32 Å². The molecule has 0 aliphatic carbocycles. The minimum Gasteiger partial charge on any atom is -0.481 e. The van der Waals surface area contributed by atoms with E-state index < -0.39 is 11.5 Å². The predicted octanol–water partition coefficient (Wildman–Crippen LogP) is 2.51. The number of hydrogen-bond acceptors (Lipinski definition) is 3. The summed E-state index contributed by atoms with van der Waals surface area (Å²) in [6.45, 7) is 2.78. The molecule has 0 saturated carbocycles. The molecule has 0 atom stereocenters. The number of nitrogens with one attached hydrogen (secondary N) is 1. The van der Waals surface area contributed by atoms with E-state index in [9.17, 15) is 9.59 Å². The van der Waals surface area contributed by atoms with Gasteiger partial charge in [0.2, 0.25) is 0 Å². The van der Waals surface area contributed by atoms with Gasteiger partial charge in [0.05, 0.1) is 12.0 Å². The van der Waals surface area contributed by atoms with Crippen molar-refractivity contribution in [3.8, 4) is 0 Å². The van der Waals surface area contributed by atoms with Gasteiger partial charge in [-0.15, -0.1) is 0 Å². The monoisotopic (exact) mass is 355 g/mol. The third-order valence-corrected chi connectivity index (χ3v) is 4.26. The number of rotatable bonds is 4. The molecule has 1 aromatic carbocycles. The van der Waals surface area contributed by atoms with Crippen LogP contribution in [0.2, 0.25) is 0 Å². The van der Waals surface area contributed by atoms with Crippen LogP contribution >= 0.6 is 15.9 Å². The van der Waals surface area contributed by atoms with E-state index in [-0.39, 0.29) is 12.3 Å². The van der Waals surface area contributed by atoms with Crippen molar-refractivity contribution in [1.29, 1.82) is 0 Å². The van der Waals surface area contributed by atoms with E-state index in [0.29, 0.717) is 31.6 Å². The van der Waals surface area contributed by atoms with E-state index in [0.717, 1.165) is 10.0 Å². The van der Waals surface area contributed by atoms with Crippen LogP contribution in [-0.2, 0) is 9.53 Å². The van der Waals surface area contributed by atoms with Gasteiger partial charge in [0.1, 0.15) is 0 Å². The van der Waals surface area contributed by atoms with Crippen LogP contribution in [0.5, 0.6) is 0 Å². The Morgan fingerprint density at radius 3 is 2.67 bits per heavy atom. The van der Waals surface area contributed by atoms with Crippen LogP contribution in [0, 0.1) is 6.92 Å². The van der Waals surface area contributed by atoms with Gasteiger partial charge in [-0.3, -0.25) is 9.59 Å². The van der Waals surface area contributed by atoms with Gasteiger partial charge in [-0.05, 0) is 37.5 Å². The molecule has 1 fully saturated rings. The lowest BCUT2D eigenvalue weighted by Crippen LogP contribution is -2.53. The van der Waals surface area contributed by atoms with Gasteiger partial charge in [-0.1, -0.05) is 22.0 Å². The Hall–Kier alpha value is -1.40. The molecule has 114 valence electrons. The number of carbonyl (C=O) groups excluding carboxylic acids is 1. The highest BCUT2D eigenvalue weighted by Crippen LogP contribution is 2.26. The van der Waals surface area contributed by atoms with Crippen LogP contribution in [0.15, 0.2) is 22.7 Å². The number of carboxylic acids is 1. The minimum absolute atomic E-state index is 0.0881. The van der Waals surface area contributed by atoms with Gasteiger partial charge in [-0.2, -0.15) is 0 Å². The number of carboxylic acid groups (broad SMARTS) is 1. The quantitative estimate of drug-likeness (QED) is 0.869. The highest BCUT2D eigenvalue weighted by molar-refractivity contribution is 9.10. The largest absolute Gasteiger partial charge is 0.481 e. The third-order valence-electron chi connectivity index (χ3n) is 3.76. The van der Waals surface area contributed by atoms with Crippen molar-refractivity contribution in [3.63, 3.8) is 0 Å². The Balaban J connectivity index is 2.21. The fourth-order valence-electron chi connectivity index (χ4n) is 2.54. The first-order chi connectivity index (χ1) is 9.92. The number of benzene rings is 1. The van der Waals surface area contributed by atoms with Crippen LogP contribution in [0.4, 0.5) is 0 Å². The first-order valence-electron chi connectivity index (χ1n) is 6.80. The summed E-state index contributed by atoms with van der Waals surface area (Å²) in [4.78, 5) is 23.6. The number of halogens is 1. The van der Waals surface area contributed by atoms with Gasteiger partial charge in [0.15, 0.2) is 0 Å². The molecular weight excluding hydrogens is 338 g/mol. The highest BCUT2D eigenvalue weighted by Gasteiger charge is 2.36. The fraction of sp³-hybridized carbons (Fsp3) is 0.467. The minimum atomic E-state index is -0.914. The Labute approximate surface area is 131 Å². The summed E-state index contributed by atoms with van der Waals surface area (Å²) in [5.74, 6) is -1.15. The lowest BCUT2D eigenvalue weighted by molar-refractivity contribution is -0.139. The Bertz CT molecular complexity index is 553. The molecule has 2 rings (SSSR count). The Morgan fingerprint density at radius 1 is 1.38 bits per heavy atom. The second-order valence-electron chi connectivity index (χ2n) is 5.38. The maximum atomic E-state index is 12.5. The number of carbonyl (C=O) groups is 2. The van der Waals surface area contributed by atoms with Crippen molar-refractivity contribution in [2.45, 2.75) is 31.7 Å². The van der Waals surface area contributed by atoms with Crippen molar-refractivity contribution < 1.29 is 19.4 Å². The first-order valence-corrected chi connectivity index (χ1v) is 7.59. The van der Waals surface area contributed by atoms with Crippen LogP contribution in [-0.4, -0.2) is 35.7 Å². The lowest BCUT2D eigenvalue weighted by atomic mass is 9.86. The van der Waals surface area contributed by atoms with Crippen molar-refractivity contribution in [1.82, 2.24) is 5.32 Å². The summed E-state index contributed by atoms with van der Waals surface area (Å²) in [5.41, 5.74) is 0.685. The summed E-state index contributed by atoms with van der Waals surface area (Å²) >= 11 is 3.35. The van der Waals surface area contributed by atoms with E-state index in [1.807, 2.05) is 19.1 Å². The number of amides is 1. The zero-order valence-electron chi connectivity index (χ0n) is 11.8. The first kappa shape index (κ1) is 16.0. The average Bonchev–Trinajstić information content (AvgIpc) is 2.41. The smallest absolute Gasteiger partial charge is 0.305 e. The summed E-state index contributed by atoms with van der Waals surface area (Å²) in [7, 11) is 0. The number of hydrogen-bond donors (Lipinski definition) is 2. The van der Waals surface area contributed by atoms with Gasteiger partial charge >= 0.3 is 5.97 Å². The van der Waals surface area contributed by atoms with Gasteiger partial charge in [0.25, 0.3) is 5.91 Å². The molecule has 21 heavy (non-hydrogen) atoms. The van der Waals surface area contributed by atoms with E-state index in [2.05, 4.69) is 21.2 Å². The number of aryl methyl sites for hydroxylation is 1. The predicted molar refractivity (Wildman–Crippen MR) is 81.4 cm³/mol. The molecular formula is C15H18BrNO4. The molecule has 2 N–H and O–H groups in total. The van der Waals surface area contributed by atoms with Crippen LogP contribution in [0.3, 0.4) is 0 Å². The normalized spacial score (nSPS) is 17.2. The Kier molecular flexibility index (Phi) is 5.00. The molecule has 1 aliphatic heterocycles. The lowest BCUT2D eigenvalue weighted by Gasteiger charge is -2.37. The van der Waals surface area contributed by atoms with E-state index in [1.165, 1.54) is 0 Å². The molecule has 1 amide bonds. The van der Waals surface area contributed by atoms with E-state index >= 15 is 0 Å². The van der Waals surface area contributed by atoms with Gasteiger partial charge < -0.3 is 15.2 Å². The molecule has 5 nitrogen and oxygen atoms in total. The highest BCUT2D eigenvalue weighted by atomic mass is 79.9. The molecule has 6 heteroatoms. The summed E-state index contributed by atoms with van der Waals surface area (Å²) in [6, 6.07) is 5.47. The van der Waals surface area contributed by atoms with Crippen molar-refractivity contribution in [2.75, 3.05) is 13.2 Å². The maximum absolute atomic E-state index is 12.5.